The summed E-state index contributed by atoms with van der Waals surface area (Å²) in [6.45, 7) is 2.08. The standard InChI is InChI=1S/C11H13NOS/c1-8-5-11(14-7-8)10(12)6-9-3-2-4-13-9/h2-5,7,10H,6,12H2,1H3. The number of thiophene rings is 1. The van der Waals surface area contributed by atoms with Crippen molar-refractivity contribution in [3.63, 3.8) is 0 Å². The van der Waals surface area contributed by atoms with Gasteiger partial charge in [0.2, 0.25) is 0 Å². The predicted molar refractivity (Wildman–Crippen MR) is 58.4 cm³/mol. The Kier molecular flexibility index (Phi) is 2.70. The molecule has 0 spiro atoms. The molecule has 2 aromatic rings. The van der Waals surface area contributed by atoms with Gasteiger partial charge in [0.25, 0.3) is 0 Å². The molecule has 0 saturated heterocycles. The van der Waals surface area contributed by atoms with E-state index in [0.717, 1.165) is 12.2 Å². The highest BCUT2D eigenvalue weighted by Gasteiger charge is 2.10. The molecular formula is C11H13NOS. The van der Waals surface area contributed by atoms with Crippen LogP contribution < -0.4 is 5.73 Å². The third-order valence-corrected chi connectivity index (χ3v) is 3.30. The molecule has 0 fully saturated rings. The van der Waals surface area contributed by atoms with Crippen molar-refractivity contribution < 1.29 is 4.42 Å². The van der Waals surface area contributed by atoms with Crippen molar-refractivity contribution >= 4 is 11.3 Å². The second-order valence-electron chi connectivity index (χ2n) is 3.42. The summed E-state index contributed by atoms with van der Waals surface area (Å²) in [5, 5.41) is 2.12. The molecule has 0 amide bonds. The molecule has 2 N–H and O–H groups in total. The minimum atomic E-state index is 0.0554. The zero-order valence-electron chi connectivity index (χ0n) is 8.07. The van der Waals surface area contributed by atoms with E-state index < -0.39 is 0 Å². The molecule has 0 saturated carbocycles. The maximum absolute atomic E-state index is 6.05. The summed E-state index contributed by atoms with van der Waals surface area (Å²) >= 11 is 1.71. The van der Waals surface area contributed by atoms with Gasteiger partial charge in [0, 0.05) is 17.3 Å². The first kappa shape index (κ1) is 9.49. The Morgan fingerprint density at radius 1 is 1.57 bits per heavy atom. The number of hydrogen-bond donors (Lipinski definition) is 1. The van der Waals surface area contributed by atoms with Crippen molar-refractivity contribution in [2.75, 3.05) is 0 Å². The Bertz CT molecular complexity index is 391. The zero-order chi connectivity index (χ0) is 9.97. The number of nitrogens with two attached hydrogens (primary N) is 1. The Labute approximate surface area is 87.4 Å². The molecule has 0 aliphatic carbocycles. The summed E-state index contributed by atoms with van der Waals surface area (Å²) in [6.07, 6.45) is 2.45. The van der Waals surface area contributed by atoms with Crippen molar-refractivity contribution in [1.29, 1.82) is 0 Å². The molecular weight excluding hydrogens is 194 g/mol. The van der Waals surface area contributed by atoms with E-state index in [2.05, 4.69) is 18.4 Å². The fourth-order valence-electron chi connectivity index (χ4n) is 1.39. The van der Waals surface area contributed by atoms with Crippen molar-refractivity contribution in [2.24, 2.45) is 5.73 Å². The van der Waals surface area contributed by atoms with E-state index in [1.807, 2.05) is 12.1 Å². The van der Waals surface area contributed by atoms with Gasteiger partial charge in [-0.3, -0.25) is 0 Å². The van der Waals surface area contributed by atoms with Gasteiger partial charge in [0.15, 0.2) is 0 Å². The minimum absolute atomic E-state index is 0.0554. The highest BCUT2D eigenvalue weighted by atomic mass is 32.1. The SMILES string of the molecule is Cc1csc(C(N)Cc2ccco2)c1. The van der Waals surface area contributed by atoms with E-state index >= 15 is 0 Å². The molecule has 1 unspecified atom stereocenters. The molecule has 2 nitrogen and oxygen atoms in total. The quantitative estimate of drug-likeness (QED) is 0.840. The van der Waals surface area contributed by atoms with E-state index in [4.69, 9.17) is 10.2 Å². The molecule has 0 aromatic carbocycles. The third-order valence-electron chi connectivity index (χ3n) is 2.12. The fourth-order valence-corrected chi connectivity index (χ4v) is 2.30. The summed E-state index contributed by atoms with van der Waals surface area (Å²) in [4.78, 5) is 1.22. The van der Waals surface area contributed by atoms with E-state index in [-0.39, 0.29) is 6.04 Å². The second kappa shape index (κ2) is 3.98. The first-order valence-electron chi connectivity index (χ1n) is 4.58. The Morgan fingerprint density at radius 3 is 3.00 bits per heavy atom. The van der Waals surface area contributed by atoms with Crippen molar-refractivity contribution in [3.8, 4) is 0 Å². The normalized spacial score (nSPS) is 13.0. The largest absolute Gasteiger partial charge is 0.469 e. The molecule has 14 heavy (non-hydrogen) atoms. The van der Waals surface area contributed by atoms with E-state index in [0.29, 0.717) is 0 Å². The molecule has 74 valence electrons. The lowest BCUT2D eigenvalue weighted by molar-refractivity contribution is 0.490. The average molecular weight is 207 g/mol. The van der Waals surface area contributed by atoms with Crippen LogP contribution in [-0.4, -0.2) is 0 Å². The van der Waals surface area contributed by atoms with Crippen LogP contribution in [0.2, 0.25) is 0 Å². The van der Waals surface area contributed by atoms with Crippen molar-refractivity contribution in [1.82, 2.24) is 0 Å². The smallest absolute Gasteiger partial charge is 0.105 e. The fraction of sp³-hybridized carbons (Fsp3) is 0.273. The molecule has 2 aromatic heterocycles. The van der Waals surface area contributed by atoms with Gasteiger partial charge >= 0.3 is 0 Å². The molecule has 3 heteroatoms. The molecule has 2 rings (SSSR count). The van der Waals surface area contributed by atoms with Crippen LogP contribution in [0.15, 0.2) is 34.3 Å². The Hall–Kier alpha value is -1.06. The zero-order valence-corrected chi connectivity index (χ0v) is 8.88. The van der Waals surface area contributed by atoms with Crippen LogP contribution in [0.4, 0.5) is 0 Å². The molecule has 0 bridgehead atoms. The lowest BCUT2D eigenvalue weighted by Crippen LogP contribution is -2.11. The molecule has 0 aliphatic heterocycles. The van der Waals surface area contributed by atoms with Gasteiger partial charge in [0.1, 0.15) is 5.76 Å². The summed E-state index contributed by atoms with van der Waals surface area (Å²) in [7, 11) is 0. The maximum atomic E-state index is 6.05. The summed E-state index contributed by atoms with van der Waals surface area (Å²) in [5.41, 5.74) is 7.33. The summed E-state index contributed by atoms with van der Waals surface area (Å²) in [5.74, 6) is 0.948. The minimum Gasteiger partial charge on any atom is -0.469 e. The van der Waals surface area contributed by atoms with Crippen LogP contribution in [0.5, 0.6) is 0 Å². The van der Waals surface area contributed by atoms with Gasteiger partial charge in [-0.1, -0.05) is 0 Å². The second-order valence-corrected chi connectivity index (χ2v) is 4.36. The number of hydrogen-bond acceptors (Lipinski definition) is 3. The third kappa shape index (κ3) is 2.05. The van der Waals surface area contributed by atoms with Crippen molar-refractivity contribution in [3.05, 3.63) is 46.0 Å². The number of rotatable bonds is 3. The molecule has 0 aliphatic rings. The van der Waals surface area contributed by atoms with Gasteiger partial charge in [-0.2, -0.15) is 0 Å². The number of aryl methyl sites for hydroxylation is 1. The van der Waals surface area contributed by atoms with Gasteiger partial charge in [-0.15, -0.1) is 11.3 Å². The lowest BCUT2D eigenvalue weighted by Gasteiger charge is -2.06. The van der Waals surface area contributed by atoms with E-state index in [1.54, 1.807) is 17.6 Å². The van der Waals surface area contributed by atoms with Crippen LogP contribution in [0.25, 0.3) is 0 Å². The van der Waals surface area contributed by atoms with Gasteiger partial charge < -0.3 is 10.2 Å². The van der Waals surface area contributed by atoms with Gasteiger partial charge in [-0.25, -0.2) is 0 Å². The highest BCUT2D eigenvalue weighted by molar-refractivity contribution is 7.10. The number of furan rings is 1. The maximum Gasteiger partial charge on any atom is 0.105 e. The van der Waals surface area contributed by atoms with Crippen LogP contribution in [-0.2, 0) is 6.42 Å². The molecule has 0 radical (unpaired) electrons. The summed E-state index contributed by atoms with van der Waals surface area (Å²) in [6, 6.07) is 6.04. The lowest BCUT2D eigenvalue weighted by atomic mass is 10.1. The van der Waals surface area contributed by atoms with Gasteiger partial charge in [0.05, 0.1) is 6.26 Å². The van der Waals surface area contributed by atoms with Crippen LogP contribution >= 0.6 is 11.3 Å². The first-order valence-corrected chi connectivity index (χ1v) is 5.46. The van der Waals surface area contributed by atoms with Crippen molar-refractivity contribution in [2.45, 2.75) is 19.4 Å². The molecule has 1 atom stereocenters. The topological polar surface area (TPSA) is 39.2 Å². The van der Waals surface area contributed by atoms with Crippen LogP contribution in [0, 0.1) is 6.92 Å². The average Bonchev–Trinajstić information content (AvgIpc) is 2.75. The first-order chi connectivity index (χ1) is 6.75. The van der Waals surface area contributed by atoms with Crippen LogP contribution in [0.3, 0.4) is 0 Å². The van der Waals surface area contributed by atoms with Gasteiger partial charge in [-0.05, 0) is 36.1 Å². The van der Waals surface area contributed by atoms with E-state index in [9.17, 15) is 0 Å². The highest BCUT2D eigenvalue weighted by Crippen LogP contribution is 2.23. The van der Waals surface area contributed by atoms with Crippen LogP contribution in [0.1, 0.15) is 22.2 Å². The monoisotopic (exact) mass is 207 g/mol. The summed E-state index contributed by atoms with van der Waals surface area (Å²) < 4.78 is 5.26. The Morgan fingerprint density at radius 2 is 2.43 bits per heavy atom. The molecule has 2 heterocycles. The Balaban J connectivity index is 2.06. The predicted octanol–water partition coefficient (Wildman–Crippen LogP) is 2.89. The van der Waals surface area contributed by atoms with E-state index in [1.165, 1.54) is 10.4 Å².